The van der Waals surface area contributed by atoms with E-state index in [-0.39, 0.29) is 23.6 Å². The minimum absolute atomic E-state index is 0.0850. The molecule has 0 aliphatic carbocycles. The van der Waals surface area contributed by atoms with Gasteiger partial charge in [-0.1, -0.05) is 24.3 Å². The number of hydrogen-bond acceptors (Lipinski definition) is 6. The molecule has 4 rings (SSSR count). The summed E-state index contributed by atoms with van der Waals surface area (Å²) in [5.74, 6) is 1.47. The van der Waals surface area contributed by atoms with Crippen LogP contribution in [0.1, 0.15) is 20.8 Å². The van der Waals surface area contributed by atoms with Crippen molar-refractivity contribution in [2.75, 3.05) is 11.9 Å². The molecule has 168 valence electrons. The molecule has 0 bridgehead atoms. The number of H-pyrrole nitrogens is 1. The summed E-state index contributed by atoms with van der Waals surface area (Å²) in [5.41, 5.74) is 1.72. The average Bonchev–Trinajstić information content (AvgIpc) is 2.78. The number of para-hydroxylation sites is 1. The Morgan fingerprint density at radius 3 is 2.61 bits per heavy atom. The van der Waals surface area contributed by atoms with Gasteiger partial charge >= 0.3 is 0 Å². The van der Waals surface area contributed by atoms with Gasteiger partial charge in [0.25, 0.3) is 5.91 Å². The number of carbonyl (C=O) groups is 1. The summed E-state index contributed by atoms with van der Waals surface area (Å²) in [6.07, 6.45) is 1.59. The number of benzene rings is 2. The maximum absolute atomic E-state index is 12.1. The van der Waals surface area contributed by atoms with Crippen molar-refractivity contribution in [2.45, 2.75) is 26.3 Å². The lowest BCUT2D eigenvalue weighted by Crippen LogP contribution is -2.43. The largest absolute Gasteiger partial charge is 0.484 e. The van der Waals surface area contributed by atoms with E-state index in [2.05, 4.69) is 15.6 Å². The standard InChI is InChI=1S/C25H25N5O3/c1-25(2,3)30-22(32)15-33-18-8-6-7-16(13-18)23-28-20-10-5-4-9-19(20)24(29-23)27-17-11-12-21(31)26-14-17/h4-14H,15H2,1-3H3,(H,26,31)(H,30,32)(H,27,28,29). The van der Waals surface area contributed by atoms with Gasteiger partial charge in [-0.3, -0.25) is 9.59 Å². The van der Waals surface area contributed by atoms with Crippen molar-refractivity contribution in [3.05, 3.63) is 77.2 Å². The normalized spacial score (nSPS) is 11.2. The Bertz CT molecular complexity index is 1340. The van der Waals surface area contributed by atoms with Gasteiger partial charge in [0.15, 0.2) is 12.4 Å². The van der Waals surface area contributed by atoms with Crippen molar-refractivity contribution in [2.24, 2.45) is 0 Å². The monoisotopic (exact) mass is 443 g/mol. The maximum atomic E-state index is 12.1. The summed E-state index contributed by atoms with van der Waals surface area (Å²) in [5, 5.41) is 6.97. The van der Waals surface area contributed by atoms with Crippen LogP contribution in [-0.2, 0) is 4.79 Å². The third-order valence-corrected chi connectivity index (χ3v) is 4.63. The minimum atomic E-state index is -0.323. The third-order valence-electron chi connectivity index (χ3n) is 4.63. The van der Waals surface area contributed by atoms with Gasteiger partial charge in [-0.2, -0.15) is 0 Å². The van der Waals surface area contributed by atoms with Crippen LogP contribution in [0.15, 0.2) is 71.7 Å². The van der Waals surface area contributed by atoms with Gasteiger partial charge in [-0.05, 0) is 51.1 Å². The lowest BCUT2D eigenvalue weighted by Gasteiger charge is -2.20. The van der Waals surface area contributed by atoms with E-state index in [0.29, 0.717) is 23.1 Å². The number of hydrogen-bond donors (Lipinski definition) is 3. The van der Waals surface area contributed by atoms with E-state index in [1.165, 1.54) is 6.07 Å². The molecule has 3 N–H and O–H groups in total. The summed E-state index contributed by atoms with van der Waals surface area (Å²) in [4.78, 5) is 35.5. The second-order valence-corrected chi connectivity index (χ2v) is 8.59. The first-order valence-electron chi connectivity index (χ1n) is 10.5. The highest BCUT2D eigenvalue weighted by molar-refractivity contribution is 5.92. The number of anilines is 2. The highest BCUT2D eigenvalue weighted by Gasteiger charge is 2.15. The van der Waals surface area contributed by atoms with E-state index >= 15 is 0 Å². The minimum Gasteiger partial charge on any atom is -0.484 e. The first kappa shape index (κ1) is 22.0. The Kier molecular flexibility index (Phi) is 6.08. The number of rotatable bonds is 6. The highest BCUT2D eigenvalue weighted by Crippen LogP contribution is 2.28. The van der Waals surface area contributed by atoms with Gasteiger partial charge in [-0.25, -0.2) is 9.97 Å². The van der Waals surface area contributed by atoms with Gasteiger partial charge in [0.1, 0.15) is 11.6 Å². The molecule has 2 aromatic heterocycles. The van der Waals surface area contributed by atoms with Gasteiger partial charge in [-0.15, -0.1) is 0 Å². The summed E-state index contributed by atoms with van der Waals surface area (Å²) < 4.78 is 5.68. The van der Waals surface area contributed by atoms with Crippen molar-refractivity contribution in [1.82, 2.24) is 20.3 Å². The van der Waals surface area contributed by atoms with Gasteiger partial charge in [0, 0.05) is 28.8 Å². The average molecular weight is 444 g/mol. The number of nitrogens with one attached hydrogen (secondary N) is 3. The van der Waals surface area contributed by atoms with Gasteiger partial charge < -0.3 is 20.4 Å². The van der Waals surface area contributed by atoms with Crippen LogP contribution < -0.4 is 20.9 Å². The number of aromatic nitrogens is 3. The second-order valence-electron chi connectivity index (χ2n) is 8.59. The Morgan fingerprint density at radius 2 is 1.85 bits per heavy atom. The molecule has 0 saturated heterocycles. The molecule has 2 aromatic carbocycles. The number of amides is 1. The number of ether oxygens (including phenoxy) is 1. The molecule has 4 aromatic rings. The van der Waals surface area contributed by atoms with Crippen LogP contribution in [-0.4, -0.2) is 33.0 Å². The highest BCUT2D eigenvalue weighted by atomic mass is 16.5. The molecular formula is C25H25N5O3. The smallest absolute Gasteiger partial charge is 0.258 e. The first-order chi connectivity index (χ1) is 15.8. The molecule has 0 unspecified atom stereocenters. The molecule has 1 amide bonds. The zero-order chi connectivity index (χ0) is 23.4. The fourth-order valence-corrected chi connectivity index (χ4v) is 3.25. The van der Waals surface area contributed by atoms with Crippen molar-refractivity contribution < 1.29 is 9.53 Å². The van der Waals surface area contributed by atoms with E-state index < -0.39 is 0 Å². The Hall–Kier alpha value is -4.20. The number of aromatic amines is 1. The molecule has 8 heteroatoms. The van der Waals surface area contributed by atoms with E-state index in [1.807, 2.05) is 57.2 Å². The summed E-state index contributed by atoms with van der Waals surface area (Å²) in [6.45, 7) is 5.67. The van der Waals surface area contributed by atoms with Crippen LogP contribution in [0.5, 0.6) is 5.75 Å². The van der Waals surface area contributed by atoms with Crippen LogP contribution in [0.2, 0.25) is 0 Å². The topological polar surface area (TPSA) is 109 Å². The molecule has 0 spiro atoms. The molecule has 0 fully saturated rings. The zero-order valence-electron chi connectivity index (χ0n) is 18.7. The SMILES string of the molecule is CC(C)(C)NC(=O)COc1cccc(-c2nc(Nc3ccc(=O)[nH]c3)c3ccccc3n2)c1. The first-order valence-corrected chi connectivity index (χ1v) is 10.5. The van der Waals surface area contributed by atoms with Gasteiger partial charge in [0.05, 0.1) is 11.2 Å². The molecule has 2 heterocycles. The van der Waals surface area contributed by atoms with E-state index in [1.54, 1.807) is 24.4 Å². The van der Waals surface area contributed by atoms with Crippen LogP contribution >= 0.6 is 0 Å². The van der Waals surface area contributed by atoms with E-state index in [4.69, 9.17) is 14.7 Å². The van der Waals surface area contributed by atoms with Crippen molar-refractivity contribution in [1.29, 1.82) is 0 Å². The Balaban J connectivity index is 1.63. The number of fused-ring (bicyclic) bond motifs is 1. The molecule has 0 saturated carbocycles. The molecule has 0 aliphatic heterocycles. The summed E-state index contributed by atoms with van der Waals surface area (Å²) in [7, 11) is 0. The molecule has 0 aliphatic rings. The number of nitrogens with zero attached hydrogens (tertiary/aromatic N) is 2. The number of pyridine rings is 1. The Labute approximate surface area is 191 Å². The summed E-state index contributed by atoms with van der Waals surface area (Å²) in [6, 6.07) is 18.1. The van der Waals surface area contributed by atoms with Crippen molar-refractivity contribution in [3.8, 4) is 17.1 Å². The van der Waals surface area contributed by atoms with Crippen molar-refractivity contribution >= 4 is 28.3 Å². The zero-order valence-corrected chi connectivity index (χ0v) is 18.7. The molecule has 33 heavy (non-hydrogen) atoms. The quantitative estimate of drug-likeness (QED) is 0.415. The summed E-state index contributed by atoms with van der Waals surface area (Å²) >= 11 is 0. The molecule has 0 radical (unpaired) electrons. The lowest BCUT2D eigenvalue weighted by atomic mass is 10.1. The lowest BCUT2D eigenvalue weighted by molar-refractivity contribution is -0.124. The fourth-order valence-electron chi connectivity index (χ4n) is 3.25. The van der Waals surface area contributed by atoms with Crippen LogP contribution in [0.25, 0.3) is 22.3 Å². The molecule has 8 nitrogen and oxygen atoms in total. The van der Waals surface area contributed by atoms with E-state index in [9.17, 15) is 9.59 Å². The van der Waals surface area contributed by atoms with E-state index in [0.717, 1.165) is 16.5 Å². The molecule has 0 atom stereocenters. The molecular weight excluding hydrogens is 418 g/mol. The Morgan fingerprint density at radius 1 is 1.03 bits per heavy atom. The van der Waals surface area contributed by atoms with Crippen LogP contribution in [0.3, 0.4) is 0 Å². The third kappa shape index (κ3) is 5.74. The van der Waals surface area contributed by atoms with Gasteiger partial charge in [0.2, 0.25) is 5.56 Å². The maximum Gasteiger partial charge on any atom is 0.258 e. The predicted molar refractivity (Wildman–Crippen MR) is 129 cm³/mol. The van der Waals surface area contributed by atoms with Crippen LogP contribution in [0, 0.1) is 0 Å². The number of carbonyl (C=O) groups excluding carboxylic acids is 1. The fraction of sp³-hybridized carbons (Fsp3) is 0.200. The van der Waals surface area contributed by atoms with Crippen LogP contribution in [0.4, 0.5) is 11.5 Å². The predicted octanol–water partition coefficient (Wildman–Crippen LogP) is 4.02. The second kappa shape index (κ2) is 9.12. The van der Waals surface area contributed by atoms with Crippen molar-refractivity contribution in [3.63, 3.8) is 0 Å².